The Bertz CT molecular complexity index is 306. The molecule has 0 saturated heterocycles. The zero-order chi connectivity index (χ0) is 10.2. The SMILES string of the molecule is CCOC(=O)C=CNc1ccccc1. The molecule has 0 spiro atoms. The maximum atomic E-state index is 10.9. The molecule has 0 saturated carbocycles. The van der Waals surface area contributed by atoms with Crippen molar-refractivity contribution in [2.45, 2.75) is 6.92 Å². The molecule has 3 nitrogen and oxygen atoms in total. The number of para-hydroxylation sites is 1. The quantitative estimate of drug-likeness (QED) is 0.585. The summed E-state index contributed by atoms with van der Waals surface area (Å²) in [5.74, 6) is -0.337. The van der Waals surface area contributed by atoms with Crippen molar-refractivity contribution in [2.75, 3.05) is 11.9 Å². The second kappa shape index (κ2) is 5.80. The highest BCUT2D eigenvalue weighted by molar-refractivity contribution is 5.82. The third kappa shape index (κ3) is 3.76. The predicted molar refractivity (Wildman–Crippen MR) is 55.8 cm³/mol. The van der Waals surface area contributed by atoms with Gasteiger partial charge < -0.3 is 10.1 Å². The summed E-state index contributed by atoms with van der Waals surface area (Å²) in [6, 6.07) is 9.59. The second-order valence-electron chi connectivity index (χ2n) is 2.60. The van der Waals surface area contributed by atoms with Crippen LogP contribution in [0.4, 0.5) is 5.69 Å². The maximum absolute atomic E-state index is 10.9. The van der Waals surface area contributed by atoms with Crippen LogP contribution < -0.4 is 5.32 Å². The van der Waals surface area contributed by atoms with E-state index in [4.69, 9.17) is 4.74 Å². The van der Waals surface area contributed by atoms with Crippen LogP contribution in [-0.4, -0.2) is 12.6 Å². The van der Waals surface area contributed by atoms with Crippen molar-refractivity contribution >= 4 is 11.7 Å². The van der Waals surface area contributed by atoms with E-state index in [1.165, 1.54) is 6.08 Å². The molecule has 0 aliphatic carbocycles. The summed E-state index contributed by atoms with van der Waals surface area (Å²) in [7, 11) is 0. The predicted octanol–water partition coefficient (Wildman–Crippen LogP) is 2.18. The first-order valence-electron chi connectivity index (χ1n) is 4.48. The van der Waals surface area contributed by atoms with Gasteiger partial charge in [-0.3, -0.25) is 0 Å². The normalized spacial score (nSPS) is 10.1. The molecule has 0 aromatic heterocycles. The Balaban J connectivity index is 2.37. The Morgan fingerprint density at radius 3 is 2.79 bits per heavy atom. The molecule has 74 valence electrons. The first-order valence-corrected chi connectivity index (χ1v) is 4.48. The maximum Gasteiger partial charge on any atom is 0.332 e. The molecule has 0 atom stereocenters. The van der Waals surface area contributed by atoms with Gasteiger partial charge in [0.05, 0.1) is 6.61 Å². The Morgan fingerprint density at radius 2 is 2.14 bits per heavy atom. The largest absolute Gasteiger partial charge is 0.463 e. The first kappa shape index (κ1) is 10.3. The van der Waals surface area contributed by atoms with Gasteiger partial charge in [0.25, 0.3) is 0 Å². The van der Waals surface area contributed by atoms with Crippen LogP contribution in [0.15, 0.2) is 42.6 Å². The lowest BCUT2D eigenvalue weighted by atomic mass is 10.3. The fraction of sp³-hybridized carbons (Fsp3) is 0.182. The van der Waals surface area contributed by atoms with Crippen LogP contribution in [0, 0.1) is 0 Å². The average Bonchev–Trinajstić information content (AvgIpc) is 2.20. The molecule has 0 aliphatic heterocycles. The number of anilines is 1. The minimum absolute atomic E-state index is 0.337. The molecule has 0 heterocycles. The van der Waals surface area contributed by atoms with Crippen LogP contribution in [-0.2, 0) is 9.53 Å². The van der Waals surface area contributed by atoms with Gasteiger partial charge in [-0.05, 0) is 19.1 Å². The Hall–Kier alpha value is -1.77. The monoisotopic (exact) mass is 191 g/mol. The summed E-state index contributed by atoms with van der Waals surface area (Å²) in [5.41, 5.74) is 0.938. The van der Waals surface area contributed by atoms with Gasteiger partial charge in [-0.2, -0.15) is 0 Å². The van der Waals surface area contributed by atoms with E-state index < -0.39 is 0 Å². The zero-order valence-electron chi connectivity index (χ0n) is 8.07. The minimum atomic E-state index is -0.337. The van der Waals surface area contributed by atoms with E-state index in [0.29, 0.717) is 6.61 Å². The Kier molecular flexibility index (Phi) is 4.27. The van der Waals surface area contributed by atoms with Gasteiger partial charge in [0.15, 0.2) is 0 Å². The van der Waals surface area contributed by atoms with Crippen molar-refractivity contribution in [1.29, 1.82) is 0 Å². The number of rotatable bonds is 4. The summed E-state index contributed by atoms with van der Waals surface area (Å²) in [4.78, 5) is 10.9. The summed E-state index contributed by atoms with van der Waals surface area (Å²) in [6.07, 6.45) is 2.92. The van der Waals surface area contributed by atoms with E-state index in [0.717, 1.165) is 5.69 Å². The second-order valence-corrected chi connectivity index (χ2v) is 2.60. The first-order chi connectivity index (χ1) is 6.83. The molecule has 0 amide bonds. The number of carbonyl (C=O) groups is 1. The number of carbonyl (C=O) groups excluding carboxylic acids is 1. The number of benzene rings is 1. The lowest BCUT2D eigenvalue weighted by Gasteiger charge is -1.98. The molecular weight excluding hydrogens is 178 g/mol. The van der Waals surface area contributed by atoms with E-state index in [9.17, 15) is 4.79 Å². The minimum Gasteiger partial charge on any atom is -0.463 e. The van der Waals surface area contributed by atoms with Crippen molar-refractivity contribution in [3.05, 3.63) is 42.6 Å². The average molecular weight is 191 g/mol. The van der Waals surface area contributed by atoms with Crippen molar-refractivity contribution in [3.63, 3.8) is 0 Å². The standard InChI is InChI=1S/C11H13NO2/c1-2-14-11(13)8-9-12-10-6-4-3-5-7-10/h3-9,12H,2H2,1H3. The van der Waals surface area contributed by atoms with Crippen molar-refractivity contribution in [2.24, 2.45) is 0 Å². The van der Waals surface area contributed by atoms with Gasteiger partial charge in [0.2, 0.25) is 0 Å². The van der Waals surface area contributed by atoms with E-state index in [1.54, 1.807) is 13.1 Å². The number of nitrogens with one attached hydrogen (secondary N) is 1. The summed E-state index contributed by atoms with van der Waals surface area (Å²) in [6.45, 7) is 2.17. The lowest BCUT2D eigenvalue weighted by molar-refractivity contribution is -0.137. The third-order valence-corrected chi connectivity index (χ3v) is 1.53. The van der Waals surface area contributed by atoms with Crippen LogP contribution in [0.2, 0.25) is 0 Å². The summed E-state index contributed by atoms with van der Waals surface area (Å²) >= 11 is 0. The van der Waals surface area contributed by atoms with Gasteiger partial charge in [-0.25, -0.2) is 4.79 Å². The smallest absolute Gasteiger partial charge is 0.332 e. The number of ether oxygens (including phenoxy) is 1. The van der Waals surface area contributed by atoms with Crippen molar-refractivity contribution in [3.8, 4) is 0 Å². The summed E-state index contributed by atoms with van der Waals surface area (Å²) in [5, 5.41) is 2.95. The molecule has 1 aromatic carbocycles. The molecule has 0 bridgehead atoms. The van der Waals surface area contributed by atoms with E-state index >= 15 is 0 Å². The number of hydrogen-bond donors (Lipinski definition) is 1. The van der Waals surface area contributed by atoms with Gasteiger partial charge in [0.1, 0.15) is 0 Å². The summed E-state index contributed by atoms with van der Waals surface area (Å²) < 4.78 is 4.71. The van der Waals surface area contributed by atoms with Crippen LogP contribution in [0.25, 0.3) is 0 Å². The molecule has 1 rings (SSSR count). The molecule has 14 heavy (non-hydrogen) atoms. The number of hydrogen-bond acceptors (Lipinski definition) is 3. The highest BCUT2D eigenvalue weighted by Crippen LogP contribution is 2.04. The van der Waals surface area contributed by atoms with E-state index in [2.05, 4.69) is 5.32 Å². The van der Waals surface area contributed by atoms with Gasteiger partial charge in [0, 0.05) is 18.0 Å². The van der Waals surface area contributed by atoms with Crippen LogP contribution >= 0.6 is 0 Å². The zero-order valence-corrected chi connectivity index (χ0v) is 8.07. The molecule has 0 radical (unpaired) electrons. The Morgan fingerprint density at radius 1 is 1.43 bits per heavy atom. The van der Waals surface area contributed by atoms with Crippen LogP contribution in [0.1, 0.15) is 6.92 Å². The molecule has 0 aliphatic rings. The molecule has 3 heteroatoms. The lowest BCUT2D eigenvalue weighted by Crippen LogP contribution is -2.00. The van der Waals surface area contributed by atoms with Gasteiger partial charge in [-0.15, -0.1) is 0 Å². The van der Waals surface area contributed by atoms with Gasteiger partial charge >= 0.3 is 5.97 Å². The number of esters is 1. The van der Waals surface area contributed by atoms with Crippen LogP contribution in [0.5, 0.6) is 0 Å². The van der Waals surface area contributed by atoms with Crippen molar-refractivity contribution in [1.82, 2.24) is 0 Å². The molecule has 0 unspecified atom stereocenters. The van der Waals surface area contributed by atoms with Gasteiger partial charge in [-0.1, -0.05) is 18.2 Å². The molecule has 0 fully saturated rings. The topological polar surface area (TPSA) is 38.3 Å². The highest BCUT2D eigenvalue weighted by Gasteiger charge is 1.91. The van der Waals surface area contributed by atoms with E-state index in [-0.39, 0.29) is 5.97 Å². The molecule has 1 aromatic rings. The van der Waals surface area contributed by atoms with E-state index in [1.807, 2.05) is 30.3 Å². The van der Waals surface area contributed by atoms with Crippen molar-refractivity contribution < 1.29 is 9.53 Å². The molecular formula is C11H13NO2. The van der Waals surface area contributed by atoms with Crippen LogP contribution in [0.3, 0.4) is 0 Å². The highest BCUT2D eigenvalue weighted by atomic mass is 16.5. The third-order valence-electron chi connectivity index (χ3n) is 1.53. The fourth-order valence-corrected chi connectivity index (χ4v) is 0.931. The Labute approximate surface area is 83.4 Å². The fourth-order valence-electron chi connectivity index (χ4n) is 0.931. The molecule has 1 N–H and O–H groups in total.